The Balaban J connectivity index is 1.61. The maximum Gasteiger partial charge on any atom is 0.162 e. The molecule has 1 saturated heterocycles. The van der Waals surface area contributed by atoms with Crippen LogP contribution >= 0.6 is 11.7 Å². The lowest BCUT2D eigenvalue weighted by Crippen LogP contribution is -2.43. The quantitative estimate of drug-likeness (QED) is 0.845. The highest BCUT2D eigenvalue weighted by atomic mass is 32.1. The van der Waals surface area contributed by atoms with E-state index in [1.807, 2.05) is 12.3 Å². The average Bonchev–Trinajstić information content (AvgIpc) is 3.02. The first-order valence-electron chi connectivity index (χ1n) is 6.36. The van der Waals surface area contributed by atoms with Crippen LogP contribution in [0.15, 0.2) is 24.8 Å². The Labute approximate surface area is 116 Å². The number of anilines is 2. The maximum atomic E-state index is 4.30. The van der Waals surface area contributed by atoms with E-state index in [0.29, 0.717) is 6.04 Å². The van der Waals surface area contributed by atoms with Gasteiger partial charge in [-0.3, -0.25) is 0 Å². The number of hydrogen-bond acceptors (Lipinski definition) is 7. The molecule has 3 heterocycles. The van der Waals surface area contributed by atoms with Crippen LogP contribution in [0, 0.1) is 0 Å². The van der Waals surface area contributed by atoms with E-state index < -0.39 is 0 Å². The Hall–Kier alpha value is -1.76. The van der Waals surface area contributed by atoms with Crippen LogP contribution < -0.4 is 9.80 Å². The fraction of sp³-hybridized carbons (Fsp3) is 0.500. The van der Waals surface area contributed by atoms with E-state index in [0.717, 1.165) is 37.6 Å². The molecule has 0 N–H and O–H groups in total. The summed E-state index contributed by atoms with van der Waals surface area (Å²) in [5, 5.41) is 0. The predicted octanol–water partition coefficient (Wildman–Crippen LogP) is 1.43. The van der Waals surface area contributed by atoms with E-state index in [9.17, 15) is 0 Å². The molecule has 0 aromatic carbocycles. The molecular formula is C12H16N6S. The van der Waals surface area contributed by atoms with Crippen LogP contribution in [0.25, 0.3) is 0 Å². The van der Waals surface area contributed by atoms with Crippen molar-refractivity contribution in [3.05, 3.63) is 24.8 Å². The molecule has 0 unspecified atom stereocenters. The Morgan fingerprint density at radius 2 is 2.21 bits per heavy atom. The minimum Gasteiger partial charge on any atom is -0.356 e. The van der Waals surface area contributed by atoms with Crippen molar-refractivity contribution in [2.75, 3.05) is 29.9 Å². The molecule has 7 heteroatoms. The lowest BCUT2D eigenvalue weighted by Gasteiger charge is -2.37. The molecule has 1 aliphatic rings. The SMILES string of the molecule is CN(c1ccncn1)C1CCN(c2cnsn2)CC1. The number of hydrogen-bond donors (Lipinski definition) is 0. The van der Waals surface area contributed by atoms with E-state index in [1.54, 1.807) is 12.5 Å². The van der Waals surface area contributed by atoms with Crippen LogP contribution in [0.1, 0.15) is 12.8 Å². The summed E-state index contributed by atoms with van der Waals surface area (Å²) in [5.41, 5.74) is 0. The van der Waals surface area contributed by atoms with Gasteiger partial charge in [-0.2, -0.15) is 8.75 Å². The summed E-state index contributed by atoms with van der Waals surface area (Å²) in [6.45, 7) is 2.04. The van der Waals surface area contributed by atoms with Crippen LogP contribution in [0.3, 0.4) is 0 Å². The first-order chi connectivity index (χ1) is 9.34. The van der Waals surface area contributed by atoms with Gasteiger partial charge in [0, 0.05) is 32.4 Å². The normalized spacial score (nSPS) is 16.6. The summed E-state index contributed by atoms with van der Waals surface area (Å²) >= 11 is 1.27. The van der Waals surface area contributed by atoms with E-state index in [4.69, 9.17) is 0 Å². The molecule has 0 aliphatic carbocycles. The second kappa shape index (κ2) is 5.48. The second-order valence-corrected chi connectivity index (χ2v) is 5.22. The first-order valence-corrected chi connectivity index (χ1v) is 7.09. The average molecular weight is 276 g/mol. The Morgan fingerprint density at radius 1 is 1.37 bits per heavy atom. The third kappa shape index (κ3) is 2.65. The van der Waals surface area contributed by atoms with Gasteiger partial charge < -0.3 is 9.80 Å². The Morgan fingerprint density at radius 3 is 2.84 bits per heavy atom. The van der Waals surface area contributed by atoms with Gasteiger partial charge in [0.05, 0.1) is 17.9 Å². The molecule has 19 heavy (non-hydrogen) atoms. The van der Waals surface area contributed by atoms with Crippen molar-refractivity contribution in [3.63, 3.8) is 0 Å². The van der Waals surface area contributed by atoms with Crippen LogP contribution in [0.4, 0.5) is 11.6 Å². The van der Waals surface area contributed by atoms with Gasteiger partial charge in [0.25, 0.3) is 0 Å². The lowest BCUT2D eigenvalue weighted by atomic mass is 10.0. The third-order valence-corrected chi connectivity index (χ3v) is 4.08. The van der Waals surface area contributed by atoms with Gasteiger partial charge in [-0.05, 0) is 18.9 Å². The molecule has 2 aromatic heterocycles. The van der Waals surface area contributed by atoms with Crippen LogP contribution in [-0.4, -0.2) is 44.9 Å². The van der Waals surface area contributed by atoms with E-state index >= 15 is 0 Å². The predicted molar refractivity (Wildman–Crippen MR) is 75.6 cm³/mol. The molecule has 1 aliphatic heterocycles. The summed E-state index contributed by atoms with van der Waals surface area (Å²) in [6.07, 6.45) is 7.45. The molecule has 0 saturated carbocycles. The summed E-state index contributed by atoms with van der Waals surface area (Å²) in [4.78, 5) is 12.8. The van der Waals surface area contributed by atoms with E-state index in [1.165, 1.54) is 11.7 Å². The maximum absolute atomic E-state index is 4.30. The van der Waals surface area contributed by atoms with Gasteiger partial charge in [-0.1, -0.05) is 0 Å². The number of piperidine rings is 1. The zero-order chi connectivity index (χ0) is 13.1. The van der Waals surface area contributed by atoms with E-state index in [-0.39, 0.29) is 0 Å². The zero-order valence-corrected chi connectivity index (χ0v) is 11.6. The van der Waals surface area contributed by atoms with Crippen molar-refractivity contribution in [2.45, 2.75) is 18.9 Å². The zero-order valence-electron chi connectivity index (χ0n) is 10.8. The molecule has 100 valence electrons. The van der Waals surface area contributed by atoms with Gasteiger partial charge in [-0.25, -0.2) is 9.97 Å². The molecule has 0 atom stereocenters. The van der Waals surface area contributed by atoms with Crippen LogP contribution in [0.5, 0.6) is 0 Å². The fourth-order valence-electron chi connectivity index (χ4n) is 2.46. The number of rotatable bonds is 3. The van der Waals surface area contributed by atoms with Crippen molar-refractivity contribution in [1.29, 1.82) is 0 Å². The minimum absolute atomic E-state index is 0.526. The molecule has 1 fully saturated rings. The van der Waals surface area contributed by atoms with Crippen molar-refractivity contribution in [3.8, 4) is 0 Å². The highest BCUT2D eigenvalue weighted by Gasteiger charge is 2.24. The second-order valence-electron chi connectivity index (χ2n) is 4.66. The van der Waals surface area contributed by atoms with Crippen LogP contribution in [0.2, 0.25) is 0 Å². The largest absolute Gasteiger partial charge is 0.356 e. The van der Waals surface area contributed by atoms with Crippen molar-refractivity contribution >= 4 is 23.4 Å². The fourth-order valence-corrected chi connectivity index (χ4v) is 2.90. The monoisotopic (exact) mass is 276 g/mol. The number of nitrogens with zero attached hydrogens (tertiary/aromatic N) is 6. The highest BCUT2D eigenvalue weighted by Crippen LogP contribution is 2.22. The van der Waals surface area contributed by atoms with Gasteiger partial charge in [-0.15, -0.1) is 0 Å². The molecule has 0 amide bonds. The van der Waals surface area contributed by atoms with Crippen molar-refractivity contribution in [1.82, 2.24) is 18.7 Å². The standard InChI is InChI=1S/C12H16N6S/c1-17(11-2-5-13-9-14-11)10-3-6-18(7-4-10)12-8-15-19-16-12/h2,5,8-10H,3-4,6-7H2,1H3. The van der Waals surface area contributed by atoms with Gasteiger partial charge in [0.15, 0.2) is 5.82 Å². The topological polar surface area (TPSA) is 58.0 Å². The summed E-state index contributed by atoms with van der Waals surface area (Å²) < 4.78 is 8.35. The van der Waals surface area contributed by atoms with Gasteiger partial charge in [0.2, 0.25) is 0 Å². The van der Waals surface area contributed by atoms with E-state index in [2.05, 4.69) is 35.6 Å². The Bertz CT molecular complexity index is 494. The molecular weight excluding hydrogens is 260 g/mol. The third-order valence-electron chi connectivity index (χ3n) is 3.61. The molecule has 3 rings (SSSR count). The van der Waals surface area contributed by atoms with Crippen molar-refractivity contribution < 1.29 is 0 Å². The Kier molecular flexibility index (Phi) is 3.54. The summed E-state index contributed by atoms with van der Waals surface area (Å²) in [5.74, 6) is 2.00. The summed E-state index contributed by atoms with van der Waals surface area (Å²) in [7, 11) is 2.10. The molecule has 0 bridgehead atoms. The summed E-state index contributed by atoms with van der Waals surface area (Å²) in [6, 6.07) is 2.48. The number of aromatic nitrogens is 4. The van der Waals surface area contributed by atoms with Crippen molar-refractivity contribution in [2.24, 2.45) is 0 Å². The molecule has 2 aromatic rings. The molecule has 0 radical (unpaired) electrons. The lowest BCUT2D eigenvalue weighted by molar-refractivity contribution is 0.478. The van der Waals surface area contributed by atoms with Crippen LogP contribution in [-0.2, 0) is 0 Å². The van der Waals surface area contributed by atoms with Gasteiger partial charge >= 0.3 is 0 Å². The molecule has 6 nitrogen and oxygen atoms in total. The van der Waals surface area contributed by atoms with Gasteiger partial charge in [0.1, 0.15) is 12.1 Å². The highest BCUT2D eigenvalue weighted by molar-refractivity contribution is 6.99. The molecule has 0 spiro atoms. The first kappa shape index (κ1) is 12.3. The smallest absolute Gasteiger partial charge is 0.162 e. The minimum atomic E-state index is 0.526.